The van der Waals surface area contributed by atoms with Crippen LogP contribution in [0.15, 0.2) is 12.5 Å². The zero-order chi connectivity index (χ0) is 12.8. The monoisotopic (exact) mass is 246 g/mol. The van der Waals surface area contributed by atoms with Crippen molar-refractivity contribution in [2.45, 2.75) is 50.6 Å². The molecule has 98 valence electrons. The summed E-state index contributed by atoms with van der Waals surface area (Å²) in [4.78, 5) is 11.2. The van der Waals surface area contributed by atoms with Gasteiger partial charge in [0.2, 0.25) is 0 Å². The number of rotatable bonds is 1. The second kappa shape index (κ2) is 4.28. The Morgan fingerprint density at radius 3 is 2.78 bits per heavy atom. The molecule has 3 rings (SSSR count). The molecule has 4 nitrogen and oxygen atoms in total. The lowest BCUT2D eigenvalue weighted by Crippen LogP contribution is -2.52. The van der Waals surface area contributed by atoms with Crippen LogP contribution in [0.4, 0.5) is 0 Å². The van der Waals surface area contributed by atoms with Gasteiger partial charge in [0, 0.05) is 23.7 Å². The van der Waals surface area contributed by atoms with Gasteiger partial charge in [-0.25, -0.2) is 9.97 Å². The summed E-state index contributed by atoms with van der Waals surface area (Å²) in [7, 11) is 0. The Morgan fingerprint density at radius 2 is 2.11 bits per heavy atom. The molecule has 0 aromatic carbocycles. The molecule has 2 aliphatic rings. The summed E-state index contributed by atoms with van der Waals surface area (Å²) < 4.78 is 0. The van der Waals surface area contributed by atoms with Gasteiger partial charge >= 0.3 is 0 Å². The summed E-state index contributed by atoms with van der Waals surface area (Å²) in [6, 6.07) is 0.850. The van der Waals surface area contributed by atoms with Gasteiger partial charge in [-0.15, -0.1) is 0 Å². The van der Waals surface area contributed by atoms with Gasteiger partial charge in [-0.3, -0.25) is 0 Å². The van der Waals surface area contributed by atoms with Crippen molar-refractivity contribution in [1.29, 1.82) is 0 Å². The summed E-state index contributed by atoms with van der Waals surface area (Å²) in [5.74, 6) is 0. The SMILES string of the molecule is CC(C)N1CCC2(CC1)c1ncncc1C[C@H]2N. The standard InChI is InChI=1S/C14H22N4/c1-10(2)18-5-3-14(4-6-18)12(15)7-11-8-16-9-17-13(11)14/h8-10,12H,3-7,15H2,1-2H3/t12-/m1/s1. The summed E-state index contributed by atoms with van der Waals surface area (Å²) in [5.41, 5.74) is 9.04. The van der Waals surface area contributed by atoms with Crippen molar-refractivity contribution in [3.63, 3.8) is 0 Å². The van der Waals surface area contributed by atoms with Gasteiger partial charge in [-0.05, 0) is 51.8 Å². The number of aromatic nitrogens is 2. The molecule has 18 heavy (non-hydrogen) atoms. The van der Waals surface area contributed by atoms with Crippen LogP contribution in [0.1, 0.15) is 37.9 Å². The molecule has 0 saturated carbocycles. The van der Waals surface area contributed by atoms with Crippen molar-refractivity contribution in [2.24, 2.45) is 5.73 Å². The molecular weight excluding hydrogens is 224 g/mol. The third kappa shape index (κ3) is 1.67. The van der Waals surface area contributed by atoms with E-state index in [1.807, 2.05) is 6.20 Å². The quantitative estimate of drug-likeness (QED) is 0.806. The van der Waals surface area contributed by atoms with E-state index in [1.54, 1.807) is 6.33 Å². The predicted octanol–water partition coefficient (Wildman–Crippen LogP) is 1.10. The van der Waals surface area contributed by atoms with E-state index in [0.29, 0.717) is 6.04 Å². The summed E-state index contributed by atoms with van der Waals surface area (Å²) in [6.45, 7) is 6.80. The second-order valence-electron chi connectivity index (χ2n) is 5.99. The van der Waals surface area contributed by atoms with Gasteiger partial charge in [0.25, 0.3) is 0 Å². The second-order valence-corrected chi connectivity index (χ2v) is 5.99. The number of hydrogen-bond acceptors (Lipinski definition) is 4. The average molecular weight is 246 g/mol. The highest BCUT2D eigenvalue weighted by Crippen LogP contribution is 2.44. The molecule has 2 heterocycles. The Balaban J connectivity index is 1.88. The Hall–Kier alpha value is -1.00. The molecule has 0 bridgehead atoms. The summed E-state index contributed by atoms with van der Waals surface area (Å²) in [6.07, 6.45) is 6.84. The van der Waals surface area contributed by atoms with Crippen LogP contribution in [0.3, 0.4) is 0 Å². The van der Waals surface area contributed by atoms with Crippen LogP contribution in [-0.4, -0.2) is 40.0 Å². The van der Waals surface area contributed by atoms with Crippen molar-refractivity contribution in [1.82, 2.24) is 14.9 Å². The highest BCUT2D eigenvalue weighted by Gasteiger charge is 2.48. The van der Waals surface area contributed by atoms with Gasteiger partial charge in [0.1, 0.15) is 6.33 Å². The van der Waals surface area contributed by atoms with Crippen LogP contribution in [0, 0.1) is 0 Å². The normalized spacial score (nSPS) is 26.8. The van der Waals surface area contributed by atoms with Crippen LogP contribution in [0.5, 0.6) is 0 Å². The number of fused-ring (bicyclic) bond motifs is 2. The van der Waals surface area contributed by atoms with E-state index in [0.717, 1.165) is 32.4 Å². The summed E-state index contributed by atoms with van der Waals surface area (Å²) >= 11 is 0. The Bertz CT molecular complexity index is 435. The highest BCUT2D eigenvalue weighted by atomic mass is 15.2. The number of piperidine rings is 1. The highest BCUT2D eigenvalue weighted by molar-refractivity contribution is 5.36. The Kier molecular flexibility index (Phi) is 2.87. The maximum atomic E-state index is 6.43. The molecule has 1 aliphatic heterocycles. The van der Waals surface area contributed by atoms with Crippen molar-refractivity contribution < 1.29 is 0 Å². The minimum absolute atomic E-state index is 0.115. The first-order valence-corrected chi connectivity index (χ1v) is 6.92. The van der Waals surface area contributed by atoms with Gasteiger partial charge in [0.05, 0.1) is 5.69 Å². The minimum Gasteiger partial charge on any atom is -0.327 e. The zero-order valence-electron chi connectivity index (χ0n) is 11.3. The van der Waals surface area contributed by atoms with Gasteiger partial charge in [-0.2, -0.15) is 0 Å². The van der Waals surface area contributed by atoms with Gasteiger partial charge in [-0.1, -0.05) is 0 Å². The van der Waals surface area contributed by atoms with Gasteiger partial charge < -0.3 is 10.6 Å². The molecule has 1 aromatic heterocycles. The van der Waals surface area contributed by atoms with Gasteiger partial charge in [0.15, 0.2) is 0 Å². The topological polar surface area (TPSA) is 55.0 Å². The van der Waals surface area contributed by atoms with E-state index >= 15 is 0 Å². The van der Waals surface area contributed by atoms with Crippen LogP contribution in [-0.2, 0) is 11.8 Å². The molecule has 1 saturated heterocycles. The van der Waals surface area contributed by atoms with Crippen LogP contribution < -0.4 is 5.73 Å². The third-order valence-corrected chi connectivity index (χ3v) is 4.83. The maximum Gasteiger partial charge on any atom is 0.115 e. The third-order valence-electron chi connectivity index (χ3n) is 4.83. The number of nitrogens with two attached hydrogens (primary N) is 1. The Morgan fingerprint density at radius 1 is 1.39 bits per heavy atom. The van der Waals surface area contributed by atoms with E-state index in [9.17, 15) is 0 Å². The van der Waals surface area contributed by atoms with Crippen LogP contribution in [0.2, 0.25) is 0 Å². The molecule has 0 unspecified atom stereocenters. The molecule has 2 N–H and O–H groups in total. The maximum absolute atomic E-state index is 6.43. The molecule has 0 radical (unpaired) electrons. The van der Waals surface area contributed by atoms with Crippen molar-refractivity contribution in [2.75, 3.05) is 13.1 Å². The van der Waals surface area contributed by atoms with E-state index in [2.05, 4.69) is 28.7 Å². The van der Waals surface area contributed by atoms with E-state index in [4.69, 9.17) is 5.73 Å². The molecule has 1 aliphatic carbocycles. The fraction of sp³-hybridized carbons (Fsp3) is 0.714. The first-order valence-electron chi connectivity index (χ1n) is 6.92. The molecular formula is C14H22N4. The first-order chi connectivity index (χ1) is 8.63. The van der Waals surface area contributed by atoms with E-state index in [-0.39, 0.29) is 11.5 Å². The summed E-state index contributed by atoms with van der Waals surface area (Å²) in [5, 5.41) is 0. The molecule has 0 amide bonds. The predicted molar refractivity (Wildman–Crippen MR) is 71.3 cm³/mol. The van der Waals surface area contributed by atoms with Crippen molar-refractivity contribution in [3.8, 4) is 0 Å². The lowest BCUT2D eigenvalue weighted by atomic mass is 9.73. The Labute approximate surface area is 109 Å². The first kappa shape index (κ1) is 12.1. The largest absolute Gasteiger partial charge is 0.327 e. The number of nitrogens with zero attached hydrogens (tertiary/aromatic N) is 3. The van der Waals surface area contributed by atoms with E-state index < -0.39 is 0 Å². The molecule has 1 spiro atoms. The number of likely N-dealkylation sites (tertiary alicyclic amines) is 1. The van der Waals surface area contributed by atoms with E-state index in [1.165, 1.54) is 11.3 Å². The molecule has 1 atom stereocenters. The fourth-order valence-electron chi connectivity index (χ4n) is 3.61. The fourth-order valence-corrected chi connectivity index (χ4v) is 3.61. The van der Waals surface area contributed by atoms with Crippen molar-refractivity contribution in [3.05, 3.63) is 23.8 Å². The smallest absolute Gasteiger partial charge is 0.115 e. The van der Waals surface area contributed by atoms with Crippen LogP contribution >= 0.6 is 0 Å². The average Bonchev–Trinajstić information content (AvgIpc) is 2.64. The minimum atomic E-state index is 0.115. The molecule has 1 aromatic rings. The van der Waals surface area contributed by atoms with Crippen LogP contribution in [0.25, 0.3) is 0 Å². The molecule has 4 heteroatoms. The lowest BCUT2D eigenvalue weighted by molar-refractivity contribution is 0.118. The molecule has 1 fully saturated rings. The number of hydrogen-bond donors (Lipinski definition) is 1. The zero-order valence-corrected chi connectivity index (χ0v) is 11.3. The lowest BCUT2D eigenvalue weighted by Gasteiger charge is -2.43. The van der Waals surface area contributed by atoms with Crippen molar-refractivity contribution >= 4 is 0 Å².